The Balaban J connectivity index is 2.21. The molecule has 94 valence electrons. The summed E-state index contributed by atoms with van der Waals surface area (Å²) in [7, 11) is 0. The van der Waals surface area contributed by atoms with E-state index in [1.807, 2.05) is 60.7 Å². The zero-order valence-electron chi connectivity index (χ0n) is 9.94. The first-order valence-corrected chi connectivity index (χ1v) is 6.75. The number of hydrogen-bond acceptors (Lipinski definition) is 3. The molecule has 0 fully saturated rings. The fourth-order valence-electron chi connectivity index (χ4n) is 1.75. The van der Waals surface area contributed by atoms with Crippen molar-refractivity contribution in [1.29, 1.82) is 0 Å². The second-order valence-corrected chi connectivity index (χ2v) is 5.23. The number of aliphatic hydroxyl groups excluding tert-OH is 2. The van der Waals surface area contributed by atoms with Gasteiger partial charge in [-0.05, 0) is 17.7 Å². The lowest BCUT2D eigenvalue weighted by Crippen LogP contribution is -2.20. The zero-order valence-corrected chi connectivity index (χ0v) is 10.8. The van der Waals surface area contributed by atoms with Gasteiger partial charge in [-0.15, -0.1) is 11.8 Å². The van der Waals surface area contributed by atoms with Crippen LogP contribution in [0.5, 0.6) is 0 Å². The lowest BCUT2D eigenvalue weighted by atomic mass is 10.1. The van der Waals surface area contributed by atoms with E-state index < -0.39 is 6.10 Å². The van der Waals surface area contributed by atoms with Crippen molar-refractivity contribution in [3.05, 3.63) is 66.2 Å². The second kappa shape index (κ2) is 6.59. The highest BCUT2D eigenvalue weighted by atomic mass is 32.2. The van der Waals surface area contributed by atoms with Gasteiger partial charge in [0.1, 0.15) is 0 Å². The highest BCUT2D eigenvalue weighted by Crippen LogP contribution is 2.37. The Labute approximate surface area is 111 Å². The molecule has 0 bridgehead atoms. The molecule has 0 unspecified atom stereocenters. The molecule has 0 aliphatic heterocycles. The molecule has 0 heterocycles. The van der Waals surface area contributed by atoms with E-state index in [0.717, 1.165) is 10.5 Å². The smallest absolute Gasteiger partial charge is 0.0933 e. The van der Waals surface area contributed by atoms with Crippen LogP contribution in [0.3, 0.4) is 0 Å². The summed E-state index contributed by atoms with van der Waals surface area (Å²) in [6.07, 6.45) is -0.766. The third-order valence-corrected chi connectivity index (χ3v) is 4.06. The number of aliphatic hydroxyl groups is 2. The van der Waals surface area contributed by atoms with Crippen molar-refractivity contribution in [3.63, 3.8) is 0 Å². The third kappa shape index (κ3) is 3.35. The lowest BCUT2D eigenvalue weighted by molar-refractivity contribution is 0.0931. The maximum Gasteiger partial charge on any atom is 0.0933 e. The highest BCUT2D eigenvalue weighted by molar-refractivity contribution is 7.99. The van der Waals surface area contributed by atoms with Gasteiger partial charge in [-0.2, -0.15) is 0 Å². The minimum Gasteiger partial charge on any atom is -0.394 e. The van der Waals surface area contributed by atoms with Crippen LogP contribution >= 0.6 is 11.8 Å². The van der Waals surface area contributed by atoms with Crippen molar-refractivity contribution in [2.24, 2.45) is 0 Å². The molecule has 0 amide bonds. The van der Waals surface area contributed by atoms with Gasteiger partial charge in [-0.25, -0.2) is 0 Å². The predicted octanol–water partition coefficient (Wildman–Crippen LogP) is 2.87. The molecule has 2 N–H and O–H groups in total. The van der Waals surface area contributed by atoms with Crippen LogP contribution < -0.4 is 0 Å². The van der Waals surface area contributed by atoms with Gasteiger partial charge in [-0.3, -0.25) is 0 Å². The van der Waals surface area contributed by atoms with Crippen molar-refractivity contribution >= 4 is 11.8 Å². The molecule has 0 spiro atoms. The molecule has 0 saturated carbocycles. The Morgan fingerprint density at radius 3 is 2.00 bits per heavy atom. The SMILES string of the molecule is OC[C@H](O)[C@H](Sc1ccccc1)c1ccccc1. The van der Waals surface area contributed by atoms with Crippen LogP contribution in [-0.2, 0) is 0 Å². The molecule has 0 aliphatic rings. The summed E-state index contributed by atoms with van der Waals surface area (Å²) < 4.78 is 0. The molecule has 0 aromatic heterocycles. The second-order valence-electron chi connectivity index (χ2n) is 4.01. The first-order chi connectivity index (χ1) is 8.81. The molecule has 0 radical (unpaired) electrons. The molecule has 0 saturated heterocycles. The average molecular weight is 260 g/mol. The van der Waals surface area contributed by atoms with Gasteiger partial charge in [0.15, 0.2) is 0 Å². The minimum atomic E-state index is -0.766. The van der Waals surface area contributed by atoms with E-state index in [4.69, 9.17) is 0 Å². The fraction of sp³-hybridized carbons (Fsp3) is 0.200. The zero-order chi connectivity index (χ0) is 12.8. The monoisotopic (exact) mass is 260 g/mol. The maximum atomic E-state index is 9.96. The van der Waals surface area contributed by atoms with E-state index in [1.54, 1.807) is 11.8 Å². The fourth-order valence-corrected chi connectivity index (χ4v) is 2.90. The molecule has 2 aromatic rings. The van der Waals surface area contributed by atoms with Crippen molar-refractivity contribution in [2.45, 2.75) is 16.2 Å². The van der Waals surface area contributed by atoms with Gasteiger partial charge in [0.05, 0.1) is 18.0 Å². The molecule has 0 aliphatic carbocycles. The Morgan fingerprint density at radius 1 is 0.889 bits per heavy atom. The van der Waals surface area contributed by atoms with Gasteiger partial charge in [0, 0.05) is 4.90 Å². The third-order valence-electron chi connectivity index (χ3n) is 2.67. The van der Waals surface area contributed by atoms with E-state index in [9.17, 15) is 10.2 Å². The van der Waals surface area contributed by atoms with Gasteiger partial charge >= 0.3 is 0 Å². The Morgan fingerprint density at radius 2 is 1.44 bits per heavy atom. The van der Waals surface area contributed by atoms with Gasteiger partial charge in [0.2, 0.25) is 0 Å². The normalized spacial score (nSPS) is 14.1. The largest absolute Gasteiger partial charge is 0.394 e. The van der Waals surface area contributed by atoms with Gasteiger partial charge in [-0.1, -0.05) is 48.5 Å². The topological polar surface area (TPSA) is 40.5 Å². The summed E-state index contributed by atoms with van der Waals surface area (Å²) in [6.45, 7) is -0.237. The molecule has 2 aromatic carbocycles. The number of rotatable bonds is 5. The van der Waals surface area contributed by atoms with Crippen LogP contribution in [0.15, 0.2) is 65.6 Å². The number of thioether (sulfide) groups is 1. The van der Waals surface area contributed by atoms with Crippen molar-refractivity contribution < 1.29 is 10.2 Å². The maximum absolute atomic E-state index is 9.96. The molecule has 2 atom stereocenters. The van der Waals surface area contributed by atoms with Gasteiger partial charge < -0.3 is 10.2 Å². The van der Waals surface area contributed by atoms with Crippen LogP contribution in [0.1, 0.15) is 10.8 Å². The Kier molecular flexibility index (Phi) is 4.81. The van der Waals surface area contributed by atoms with Crippen molar-refractivity contribution in [2.75, 3.05) is 6.61 Å². The molecular formula is C15H16O2S. The van der Waals surface area contributed by atoms with E-state index in [0.29, 0.717) is 0 Å². The standard InChI is InChI=1S/C15H16O2S/c16-11-14(17)15(12-7-3-1-4-8-12)18-13-9-5-2-6-10-13/h1-10,14-17H,11H2/t14-,15+/m0/s1. The van der Waals surface area contributed by atoms with Crippen LogP contribution in [0.25, 0.3) is 0 Å². The summed E-state index contributed by atoms with van der Waals surface area (Å²) in [5, 5.41) is 19.0. The van der Waals surface area contributed by atoms with Crippen LogP contribution in [0, 0.1) is 0 Å². The van der Waals surface area contributed by atoms with Crippen LogP contribution in [0.4, 0.5) is 0 Å². The molecule has 2 nitrogen and oxygen atoms in total. The Bertz CT molecular complexity index is 458. The summed E-state index contributed by atoms with van der Waals surface area (Å²) in [5.41, 5.74) is 1.02. The summed E-state index contributed by atoms with van der Waals surface area (Å²) in [6, 6.07) is 19.7. The van der Waals surface area contributed by atoms with Crippen molar-refractivity contribution in [3.8, 4) is 0 Å². The van der Waals surface area contributed by atoms with E-state index >= 15 is 0 Å². The molecule has 3 heteroatoms. The van der Waals surface area contributed by atoms with E-state index in [1.165, 1.54) is 0 Å². The van der Waals surface area contributed by atoms with E-state index in [-0.39, 0.29) is 11.9 Å². The number of benzene rings is 2. The first-order valence-electron chi connectivity index (χ1n) is 5.87. The average Bonchev–Trinajstić information content (AvgIpc) is 2.46. The first kappa shape index (κ1) is 13.1. The highest BCUT2D eigenvalue weighted by Gasteiger charge is 2.21. The Hall–Kier alpha value is -1.29. The molecular weight excluding hydrogens is 244 g/mol. The van der Waals surface area contributed by atoms with Crippen LogP contribution in [0.2, 0.25) is 0 Å². The minimum absolute atomic E-state index is 0.154. The quantitative estimate of drug-likeness (QED) is 0.812. The van der Waals surface area contributed by atoms with Crippen LogP contribution in [-0.4, -0.2) is 22.9 Å². The lowest BCUT2D eigenvalue weighted by Gasteiger charge is -2.21. The summed E-state index contributed by atoms with van der Waals surface area (Å²) in [5.74, 6) is 0. The van der Waals surface area contributed by atoms with Gasteiger partial charge in [0.25, 0.3) is 0 Å². The molecule has 2 rings (SSSR count). The summed E-state index contributed by atoms with van der Waals surface area (Å²) >= 11 is 1.56. The predicted molar refractivity (Wildman–Crippen MR) is 74.6 cm³/mol. The van der Waals surface area contributed by atoms with E-state index in [2.05, 4.69) is 0 Å². The number of hydrogen-bond donors (Lipinski definition) is 2. The summed E-state index contributed by atoms with van der Waals surface area (Å²) in [4.78, 5) is 1.08. The molecule has 18 heavy (non-hydrogen) atoms. The van der Waals surface area contributed by atoms with Crippen molar-refractivity contribution in [1.82, 2.24) is 0 Å².